The molecule has 1 aliphatic rings. The maximum Gasteiger partial charge on any atom is 0.416 e. The van der Waals surface area contributed by atoms with Crippen LogP contribution in [0.2, 0.25) is 0 Å². The molecule has 36 heavy (non-hydrogen) atoms. The van der Waals surface area contributed by atoms with Crippen LogP contribution in [0, 0.1) is 0 Å². The highest BCUT2D eigenvalue weighted by Gasteiger charge is 2.33. The highest BCUT2D eigenvalue weighted by atomic mass is 19.4. The highest BCUT2D eigenvalue weighted by Crippen LogP contribution is 2.33. The third kappa shape index (κ3) is 6.59. The van der Waals surface area contributed by atoms with Crippen LogP contribution in [0.1, 0.15) is 29.7 Å². The minimum absolute atomic E-state index is 0.331. The van der Waals surface area contributed by atoms with E-state index in [4.69, 9.17) is 14.0 Å². The summed E-state index contributed by atoms with van der Waals surface area (Å²) in [6.45, 7) is 4.55. The van der Waals surface area contributed by atoms with Gasteiger partial charge in [-0.25, -0.2) is 0 Å². The molecule has 1 saturated heterocycles. The van der Waals surface area contributed by atoms with E-state index < -0.39 is 11.7 Å². The number of nitrogens with zero attached hydrogens (tertiary/aromatic N) is 3. The van der Waals surface area contributed by atoms with E-state index in [1.807, 2.05) is 24.3 Å². The predicted molar refractivity (Wildman–Crippen MR) is 131 cm³/mol. The fourth-order valence-corrected chi connectivity index (χ4v) is 4.54. The smallest absolute Gasteiger partial charge is 0.416 e. The number of piperazine rings is 1. The number of rotatable bonds is 10. The summed E-state index contributed by atoms with van der Waals surface area (Å²) in [5, 5.41) is 4.19. The molecular weight excluding hydrogens is 471 g/mol. The number of halogens is 3. The quantitative estimate of drug-likeness (QED) is 0.340. The molecule has 0 amide bonds. The monoisotopic (exact) mass is 503 g/mol. The predicted octanol–water partition coefficient (Wildman–Crippen LogP) is 5.52. The lowest BCUT2D eigenvalue weighted by molar-refractivity contribution is -0.138. The number of alkyl halides is 3. The molecule has 194 valence electrons. The Kier molecular flexibility index (Phi) is 8.53. The Labute approximate surface area is 209 Å². The van der Waals surface area contributed by atoms with Gasteiger partial charge in [0.2, 0.25) is 0 Å². The molecule has 0 saturated carbocycles. The van der Waals surface area contributed by atoms with Crippen LogP contribution in [-0.4, -0.2) is 61.9 Å². The summed E-state index contributed by atoms with van der Waals surface area (Å²) >= 11 is 0. The second kappa shape index (κ2) is 11.8. The van der Waals surface area contributed by atoms with Crippen molar-refractivity contribution in [1.29, 1.82) is 0 Å². The van der Waals surface area contributed by atoms with Gasteiger partial charge in [-0.2, -0.15) is 13.2 Å². The van der Waals surface area contributed by atoms with Crippen molar-refractivity contribution in [1.82, 2.24) is 15.0 Å². The molecule has 0 unspecified atom stereocenters. The summed E-state index contributed by atoms with van der Waals surface area (Å²) in [7, 11) is 3.20. The molecule has 0 radical (unpaired) electrons. The first kappa shape index (κ1) is 26.0. The lowest BCUT2D eigenvalue weighted by Crippen LogP contribution is -2.46. The molecule has 2 aromatic carbocycles. The van der Waals surface area contributed by atoms with Gasteiger partial charge in [-0.05, 0) is 49.2 Å². The Hall–Kier alpha value is -3.04. The maximum atomic E-state index is 13.3. The zero-order valence-corrected chi connectivity index (χ0v) is 20.7. The van der Waals surface area contributed by atoms with Crippen molar-refractivity contribution < 1.29 is 27.2 Å². The van der Waals surface area contributed by atoms with Gasteiger partial charge in [-0.15, -0.1) is 0 Å². The number of benzene rings is 2. The van der Waals surface area contributed by atoms with Crippen molar-refractivity contribution in [3.05, 3.63) is 65.4 Å². The third-order valence-corrected chi connectivity index (χ3v) is 6.57. The van der Waals surface area contributed by atoms with Gasteiger partial charge in [0.15, 0.2) is 11.5 Å². The molecule has 0 N–H and O–H groups in total. The van der Waals surface area contributed by atoms with Crippen LogP contribution in [0.15, 0.2) is 53.1 Å². The van der Waals surface area contributed by atoms with Gasteiger partial charge in [-0.3, -0.25) is 4.90 Å². The van der Waals surface area contributed by atoms with Crippen molar-refractivity contribution in [3.8, 4) is 22.8 Å². The molecule has 1 aliphatic heterocycles. The van der Waals surface area contributed by atoms with Crippen molar-refractivity contribution in [2.75, 3.05) is 46.9 Å². The van der Waals surface area contributed by atoms with E-state index in [0.717, 1.165) is 75.1 Å². The Balaban J connectivity index is 1.19. The van der Waals surface area contributed by atoms with Crippen LogP contribution in [0.5, 0.6) is 11.5 Å². The average molecular weight is 504 g/mol. The number of aryl methyl sites for hydroxylation is 1. The number of hydrogen-bond donors (Lipinski definition) is 0. The summed E-state index contributed by atoms with van der Waals surface area (Å²) < 4.78 is 55.9. The molecule has 1 fully saturated rings. The second-order valence-electron chi connectivity index (χ2n) is 8.98. The van der Waals surface area contributed by atoms with Crippen LogP contribution in [0.3, 0.4) is 0 Å². The van der Waals surface area contributed by atoms with Gasteiger partial charge in [0.25, 0.3) is 0 Å². The molecule has 0 bridgehead atoms. The molecule has 2 heterocycles. The maximum absolute atomic E-state index is 13.3. The average Bonchev–Trinajstić information content (AvgIpc) is 3.36. The van der Waals surface area contributed by atoms with Gasteiger partial charge < -0.3 is 18.9 Å². The molecule has 0 atom stereocenters. The van der Waals surface area contributed by atoms with Gasteiger partial charge >= 0.3 is 6.18 Å². The first-order chi connectivity index (χ1) is 17.4. The van der Waals surface area contributed by atoms with Crippen molar-refractivity contribution in [2.45, 2.75) is 32.0 Å². The molecule has 9 heteroatoms. The second-order valence-corrected chi connectivity index (χ2v) is 8.98. The van der Waals surface area contributed by atoms with Crippen molar-refractivity contribution in [3.63, 3.8) is 0 Å². The van der Waals surface area contributed by atoms with Crippen LogP contribution >= 0.6 is 0 Å². The highest BCUT2D eigenvalue weighted by molar-refractivity contribution is 5.63. The van der Waals surface area contributed by atoms with Gasteiger partial charge in [0.1, 0.15) is 11.5 Å². The SMILES string of the molecule is COc1ccc(-c2cc(CCCCN3CCN(Cc4ccccc4C(F)(F)F)CC3)on2)cc1OC. The normalized spacial score (nSPS) is 15.2. The number of methoxy groups -OCH3 is 2. The molecule has 0 spiro atoms. The van der Waals surface area contributed by atoms with E-state index in [1.165, 1.54) is 6.07 Å². The first-order valence-electron chi connectivity index (χ1n) is 12.1. The summed E-state index contributed by atoms with van der Waals surface area (Å²) in [5.74, 6) is 2.15. The van der Waals surface area contributed by atoms with Gasteiger partial charge in [-0.1, -0.05) is 23.4 Å². The van der Waals surface area contributed by atoms with E-state index in [0.29, 0.717) is 23.6 Å². The van der Waals surface area contributed by atoms with E-state index in [2.05, 4.69) is 15.0 Å². The molecular formula is C27H32F3N3O3. The molecule has 6 nitrogen and oxygen atoms in total. The number of hydrogen-bond acceptors (Lipinski definition) is 6. The lowest BCUT2D eigenvalue weighted by Gasteiger charge is -2.35. The molecule has 0 aliphatic carbocycles. The van der Waals surface area contributed by atoms with E-state index in [-0.39, 0.29) is 0 Å². The Morgan fingerprint density at radius 2 is 1.61 bits per heavy atom. The lowest BCUT2D eigenvalue weighted by atomic mass is 10.1. The van der Waals surface area contributed by atoms with Gasteiger partial charge in [0.05, 0.1) is 19.8 Å². The van der Waals surface area contributed by atoms with Gasteiger partial charge in [0, 0.05) is 50.8 Å². The van der Waals surface area contributed by atoms with E-state index >= 15 is 0 Å². The topological polar surface area (TPSA) is 51.0 Å². The molecule has 4 rings (SSSR count). The van der Waals surface area contributed by atoms with Crippen LogP contribution in [0.25, 0.3) is 11.3 Å². The fourth-order valence-electron chi connectivity index (χ4n) is 4.54. The Morgan fingerprint density at radius 1 is 0.889 bits per heavy atom. The summed E-state index contributed by atoms with van der Waals surface area (Å²) in [6, 6.07) is 13.5. The largest absolute Gasteiger partial charge is 0.493 e. The Bertz CT molecular complexity index is 1120. The summed E-state index contributed by atoms with van der Waals surface area (Å²) in [4.78, 5) is 4.48. The van der Waals surface area contributed by atoms with Crippen molar-refractivity contribution in [2.24, 2.45) is 0 Å². The van der Waals surface area contributed by atoms with Crippen LogP contribution in [0.4, 0.5) is 13.2 Å². The van der Waals surface area contributed by atoms with E-state index in [9.17, 15) is 13.2 Å². The molecule has 1 aromatic heterocycles. The van der Waals surface area contributed by atoms with Crippen LogP contribution < -0.4 is 9.47 Å². The number of aromatic nitrogens is 1. The summed E-state index contributed by atoms with van der Waals surface area (Å²) in [6.07, 6.45) is -1.53. The summed E-state index contributed by atoms with van der Waals surface area (Å²) in [5.41, 5.74) is 1.47. The van der Waals surface area contributed by atoms with Crippen molar-refractivity contribution >= 4 is 0 Å². The fraction of sp³-hybridized carbons (Fsp3) is 0.444. The molecule has 3 aromatic rings. The van der Waals surface area contributed by atoms with Crippen LogP contribution in [-0.2, 0) is 19.1 Å². The first-order valence-corrected chi connectivity index (χ1v) is 12.1. The third-order valence-electron chi connectivity index (χ3n) is 6.57. The minimum atomic E-state index is -4.32. The Morgan fingerprint density at radius 3 is 2.33 bits per heavy atom. The minimum Gasteiger partial charge on any atom is -0.493 e. The van der Waals surface area contributed by atoms with E-state index in [1.54, 1.807) is 26.4 Å². The zero-order chi connectivity index (χ0) is 25.5. The number of ether oxygens (including phenoxy) is 2. The number of unbranched alkanes of at least 4 members (excludes halogenated alkanes) is 1. The zero-order valence-electron chi connectivity index (χ0n) is 20.7. The standard InChI is InChI=1S/C27H32F3N3O3/c1-34-25-11-10-20(17-26(25)35-2)24-18-22(36-31-24)8-5-6-12-32-13-15-33(16-14-32)19-21-7-3-4-9-23(21)27(28,29)30/h3-4,7,9-11,17-18H,5-6,8,12-16,19H2,1-2H3.